The molecule has 0 spiro atoms. The molecule has 144 valence electrons. The van der Waals surface area contributed by atoms with Crippen LogP contribution in [-0.2, 0) is 9.53 Å². The van der Waals surface area contributed by atoms with Gasteiger partial charge in [0, 0.05) is 13.0 Å². The number of carbonyl (C=O) groups excluding carboxylic acids is 1. The molecule has 0 atom stereocenters. The third-order valence-electron chi connectivity index (χ3n) is 6.83. The van der Waals surface area contributed by atoms with Gasteiger partial charge in [-0.1, -0.05) is 12.8 Å². The summed E-state index contributed by atoms with van der Waals surface area (Å²) in [6, 6.07) is 0. The average Bonchev–Trinajstić information content (AvgIpc) is 2.56. The van der Waals surface area contributed by atoms with Gasteiger partial charge in [0.2, 0.25) is 0 Å². The average molecular weight is 352 g/mol. The quantitative estimate of drug-likeness (QED) is 0.416. The van der Waals surface area contributed by atoms with E-state index in [1.54, 1.807) is 0 Å². The molecule has 4 aliphatic rings. The van der Waals surface area contributed by atoms with Crippen molar-refractivity contribution in [3.05, 3.63) is 0 Å². The zero-order valence-corrected chi connectivity index (χ0v) is 15.8. The number of aliphatic hydroxyl groups excluding tert-OH is 1. The minimum absolute atomic E-state index is 0.00290. The van der Waals surface area contributed by atoms with E-state index in [2.05, 4.69) is 5.32 Å². The number of aliphatic hydroxyl groups is 1. The highest BCUT2D eigenvalue weighted by molar-refractivity contribution is 5.69. The molecule has 0 amide bonds. The molecule has 0 aromatic carbocycles. The first-order valence-corrected chi connectivity index (χ1v) is 10.7. The number of hydrogen-bond acceptors (Lipinski definition) is 4. The summed E-state index contributed by atoms with van der Waals surface area (Å²) in [5, 5.41) is 11.8. The summed E-state index contributed by atoms with van der Waals surface area (Å²) >= 11 is 0. The number of carbonyl (C=O) groups is 1. The maximum absolute atomic E-state index is 11.9. The Labute approximate surface area is 153 Å². The van der Waals surface area contributed by atoms with Gasteiger partial charge in [0.15, 0.2) is 0 Å². The highest BCUT2D eigenvalue weighted by Gasteiger charge is 2.50. The Kier molecular flexibility index (Phi) is 7.18. The highest BCUT2D eigenvalue weighted by atomic mass is 16.5. The topological polar surface area (TPSA) is 58.6 Å². The van der Waals surface area contributed by atoms with Crippen LogP contribution in [0.2, 0.25) is 0 Å². The fourth-order valence-electron chi connectivity index (χ4n) is 6.13. The normalized spacial score (nSPS) is 32.9. The molecule has 4 saturated carbocycles. The third-order valence-corrected chi connectivity index (χ3v) is 6.83. The lowest BCUT2D eigenvalue weighted by Gasteiger charge is -2.57. The van der Waals surface area contributed by atoms with Crippen LogP contribution in [0.15, 0.2) is 0 Å². The second-order valence-electron chi connectivity index (χ2n) is 9.03. The van der Waals surface area contributed by atoms with Gasteiger partial charge in [-0.25, -0.2) is 0 Å². The standard InChI is InChI=1S/C21H37NO3/c23-9-8-22-7-4-2-1-3-5-20(24)25-10-6-21-14-17-11-18(15-21)13-19(12-17)16-21/h17-19,22-23H,1-16H2. The second-order valence-corrected chi connectivity index (χ2v) is 9.03. The van der Waals surface area contributed by atoms with Crippen molar-refractivity contribution in [2.24, 2.45) is 23.2 Å². The lowest BCUT2D eigenvalue weighted by Crippen LogP contribution is -2.46. The summed E-state index contributed by atoms with van der Waals surface area (Å²) in [6.45, 7) is 2.48. The molecule has 0 aromatic rings. The minimum atomic E-state index is 0.00290. The van der Waals surface area contributed by atoms with Gasteiger partial charge in [0.1, 0.15) is 0 Å². The second kappa shape index (κ2) is 9.36. The van der Waals surface area contributed by atoms with E-state index in [0.29, 0.717) is 25.0 Å². The van der Waals surface area contributed by atoms with Crippen molar-refractivity contribution in [3.63, 3.8) is 0 Å². The predicted molar refractivity (Wildman–Crippen MR) is 99.2 cm³/mol. The van der Waals surface area contributed by atoms with Crippen LogP contribution in [0.1, 0.15) is 77.0 Å². The molecule has 4 fully saturated rings. The molecule has 0 aliphatic heterocycles. The van der Waals surface area contributed by atoms with Gasteiger partial charge < -0.3 is 15.2 Å². The largest absolute Gasteiger partial charge is 0.466 e. The fraction of sp³-hybridized carbons (Fsp3) is 0.952. The van der Waals surface area contributed by atoms with Gasteiger partial charge in [-0.3, -0.25) is 4.79 Å². The summed E-state index contributed by atoms with van der Waals surface area (Å²) < 4.78 is 5.56. The van der Waals surface area contributed by atoms with Crippen LogP contribution in [0.25, 0.3) is 0 Å². The summed E-state index contributed by atoms with van der Waals surface area (Å²) in [6.07, 6.45) is 14.6. The molecule has 4 bridgehead atoms. The zero-order chi connectivity index (χ0) is 17.5. The SMILES string of the molecule is O=C(CCCCCCNCCO)OCCC12CC3CC(CC(C3)C1)C2. The van der Waals surface area contributed by atoms with Crippen LogP contribution in [0.4, 0.5) is 0 Å². The zero-order valence-electron chi connectivity index (χ0n) is 15.8. The van der Waals surface area contributed by atoms with E-state index in [1.807, 2.05) is 0 Å². The molecule has 0 aromatic heterocycles. The van der Waals surface area contributed by atoms with Gasteiger partial charge in [0.05, 0.1) is 13.2 Å². The van der Waals surface area contributed by atoms with Crippen LogP contribution < -0.4 is 5.32 Å². The number of hydrogen-bond donors (Lipinski definition) is 2. The predicted octanol–water partition coefficient (Wildman–Crippen LogP) is 3.67. The number of unbranched alkanes of at least 4 members (excludes halogenated alkanes) is 3. The Balaban J connectivity index is 1.22. The molecule has 4 heteroatoms. The molecular weight excluding hydrogens is 314 g/mol. The summed E-state index contributed by atoms with van der Waals surface area (Å²) in [4.78, 5) is 11.9. The van der Waals surface area contributed by atoms with Crippen molar-refractivity contribution in [1.82, 2.24) is 5.32 Å². The van der Waals surface area contributed by atoms with Gasteiger partial charge in [-0.05, 0) is 87.5 Å². The number of rotatable bonds is 12. The van der Waals surface area contributed by atoms with Gasteiger partial charge in [-0.2, -0.15) is 0 Å². The molecular formula is C21H37NO3. The van der Waals surface area contributed by atoms with Crippen molar-refractivity contribution < 1.29 is 14.6 Å². The van der Waals surface area contributed by atoms with E-state index < -0.39 is 0 Å². The first-order chi connectivity index (χ1) is 12.2. The lowest BCUT2D eigenvalue weighted by atomic mass is 9.49. The van der Waals surface area contributed by atoms with E-state index >= 15 is 0 Å². The lowest BCUT2D eigenvalue weighted by molar-refractivity contribution is -0.146. The maximum atomic E-state index is 11.9. The first-order valence-electron chi connectivity index (χ1n) is 10.7. The Morgan fingerprint density at radius 2 is 1.60 bits per heavy atom. The molecule has 4 rings (SSSR count). The molecule has 4 nitrogen and oxygen atoms in total. The molecule has 4 aliphatic carbocycles. The summed E-state index contributed by atoms with van der Waals surface area (Å²) in [5.41, 5.74) is 0.524. The number of nitrogens with one attached hydrogen (secondary N) is 1. The van der Waals surface area contributed by atoms with E-state index in [4.69, 9.17) is 9.84 Å². The smallest absolute Gasteiger partial charge is 0.305 e. The van der Waals surface area contributed by atoms with Crippen LogP contribution in [0.3, 0.4) is 0 Å². The molecule has 2 N–H and O–H groups in total. The van der Waals surface area contributed by atoms with Crippen LogP contribution >= 0.6 is 0 Å². The molecule has 0 radical (unpaired) electrons. The Bertz CT molecular complexity index is 388. The molecule has 0 heterocycles. The molecule has 0 unspecified atom stereocenters. The minimum Gasteiger partial charge on any atom is -0.466 e. The van der Waals surface area contributed by atoms with Crippen LogP contribution in [-0.4, -0.2) is 37.4 Å². The van der Waals surface area contributed by atoms with Crippen molar-refractivity contribution in [2.45, 2.75) is 77.0 Å². The Morgan fingerprint density at radius 3 is 2.24 bits per heavy atom. The van der Waals surface area contributed by atoms with E-state index in [-0.39, 0.29) is 12.6 Å². The van der Waals surface area contributed by atoms with Crippen LogP contribution in [0.5, 0.6) is 0 Å². The van der Waals surface area contributed by atoms with Crippen molar-refractivity contribution in [2.75, 3.05) is 26.3 Å². The molecule has 0 saturated heterocycles. The van der Waals surface area contributed by atoms with Crippen molar-refractivity contribution in [3.8, 4) is 0 Å². The van der Waals surface area contributed by atoms with Gasteiger partial charge >= 0.3 is 5.97 Å². The van der Waals surface area contributed by atoms with E-state index in [9.17, 15) is 4.79 Å². The third kappa shape index (κ3) is 5.68. The van der Waals surface area contributed by atoms with Gasteiger partial charge in [0.25, 0.3) is 0 Å². The van der Waals surface area contributed by atoms with Gasteiger partial charge in [-0.15, -0.1) is 0 Å². The summed E-state index contributed by atoms with van der Waals surface area (Å²) in [7, 11) is 0. The Morgan fingerprint density at radius 1 is 0.960 bits per heavy atom. The van der Waals surface area contributed by atoms with E-state index in [1.165, 1.54) is 38.5 Å². The van der Waals surface area contributed by atoms with Crippen molar-refractivity contribution in [1.29, 1.82) is 0 Å². The highest BCUT2D eigenvalue weighted by Crippen LogP contribution is 2.61. The van der Waals surface area contributed by atoms with E-state index in [0.717, 1.165) is 56.4 Å². The molecule has 25 heavy (non-hydrogen) atoms. The first kappa shape index (κ1) is 19.2. The van der Waals surface area contributed by atoms with Crippen LogP contribution in [0, 0.1) is 23.2 Å². The maximum Gasteiger partial charge on any atom is 0.305 e. The summed E-state index contributed by atoms with van der Waals surface area (Å²) in [5.74, 6) is 2.94. The monoisotopic (exact) mass is 351 g/mol. The fourth-order valence-corrected chi connectivity index (χ4v) is 6.13. The number of esters is 1. The Hall–Kier alpha value is -0.610. The number of ether oxygens (including phenoxy) is 1. The van der Waals surface area contributed by atoms with Crippen molar-refractivity contribution >= 4 is 5.97 Å².